The first-order chi connectivity index (χ1) is 16.9. The van der Waals surface area contributed by atoms with Crippen molar-refractivity contribution in [2.45, 2.75) is 84.0 Å². The van der Waals surface area contributed by atoms with Gasteiger partial charge in [-0.1, -0.05) is 58.0 Å². The average Bonchev–Trinajstić information content (AvgIpc) is 3.31. The number of thioether (sulfide) groups is 1. The average molecular weight is 520 g/mol. The van der Waals surface area contributed by atoms with E-state index in [0.717, 1.165) is 5.56 Å². The minimum atomic E-state index is -0.847. The monoisotopic (exact) mass is 519 g/mol. The number of hydrogen-bond acceptors (Lipinski definition) is 7. The summed E-state index contributed by atoms with van der Waals surface area (Å²) < 4.78 is 5.67. The molecular formula is C27H41N3O5S. The number of aliphatic hydroxyl groups excluding tert-OH is 1. The molecule has 0 saturated heterocycles. The van der Waals surface area contributed by atoms with Gasteiger partial charge in [0.15, 0.2) is 0 Å². The first-order valence-electron chi connectivity index (χ1n) is 12.5. The molecule has 36 heavy (non-hydrogen) atoms. The molecule has 5 atom stereocenters. The highest BCUT2D eigenvalue weighted by Crippen LogP contribution is 2.30. The van der Waals surface area contributed by atoms with Gasteiger partial charge in [0.1, 0.15) is 17.2 Å². The third kappa shape index (κ3) is 8.55. The van der Waals surface area contributed by atoms with E-state index in [2.05, 4.69) is 10.6 Å². The summed E-state index contributed by atoms with van der Waals surface area (Å²) in [6, 6.07) is 8.51. The molecule has 0 bridgehead atoms. The number of rotatable bonds is 12. The highest BCUT2D eigenvalue weighted by molar-refractivity contribution is 8.03. The Labute approximate surface area is 219 Å². The molecule has 1 aromatic rings. The number of nitrogens with zero attached hydrogens (tertiary/aromatic N) is 1. The molecule has 0 aromatic heterocycles. The highest BCUT2D eigenvalue weighted by Gasteiger charge is 2.36. The van der Waals surface area contributed by atoms with Crippen LogP contribution < -0.4 is 10.6 Å². The topological polar surface area (TPSA) is 108 Å². The van der Waals surface area contributed by atoms with Crippen LogP contribution in [0, 0.1) is 11.8 Å². The summed E-state index contributed by atoms with van der Waals surface area (Å²) in [6.07, 6.45) is -0.510. The summed E-state index contributed by atoms with van der Waals surface area (Å²) in [5.74, 6) is -0.317. The van der Waals surface area contributed by atoms with Crippen LogP contribution in [0.25, 0.3) is 0 Å². The Morgan fingerprint density at radius 1 is 1.14 bits per heavy atom. The molecule has 3 N–H and O–H groups in total. The van der Waals surface area contributed by atoms with E-state index in [4.69, 9.17) is 4.74 Å². The largest absolute Gasteiger partial charge is 0.459 e. The SMILES string of the molecule is CC(=O)O[C@H](CC(C(C)C)N(C)C(=O)CC(C)C)C1NC(C(=O)N[C@H](C)C(O)c2ccccc2)=CS1. The van der Waals surface area contributed by atoms with E-state index in [1.54, 1.807) is 24.3 Å². The molecule has 1 aliphatic heterocycles. The van der Waals surface area contributed by atoms with Crippen molar-refractivity contribution in [3.63, 3.8) is 0 Å². The number of aliphatic hydroxyl groups is 1. The molecule has 0 fully saturated rings. The summed E-state index contributed by atoms with van der Waals surface area (Å²) in [7, 11) is 1.80. The summed E-state index contributed by atoms with van der Waals surface area (Å²) in [6.45, 7) is 11.2. The van der Waals surface area contributed by atoms with Crippen molar-refractivity contribution in [3.05, 3.63) is 47.0 Å². The van der Waals surface area contributed by atoms with Crippen molar-refractivity contribution < 1.29 is 24.2 Å². The Balaban J connectivity index is 2.05. The summed E-state index contributed by atoms with van der Waals surface area (Å²) in [5, 5.41) is 17.9. The third-order valence-electron chi connectivity index (χ3n) is 6.22. The minimum absolute atomic E-state index is 0.0569. The van der Waals surface area contributed by atoms with E-state index < -0.39 is 24.2 Å². The predicted molar refractivity (Wildman–Crippen MR) is 143 cm³/mol. The van der Waals surface area contributed by atoms with Gasteiger partial charge >= 0.3 is 5.97 Å². The molecule has 200 valence electrons. The van der Waals surface area contributed by atoms with Gasteiger partial charge in [-0.25, -0.2) is 0 Å². The van der Waals surface area contributed by atoms with Crippen molar-refractivity contribution >= 4 is 29.5 Å². The fourth-order valence-electron chi connectivity index (χ4n) is 4.21. The fourth-order valence-corrected chi connectivity index (χ4v) is 5.20. The van der Waals surface area contributed by atoms with Gasteiger partial charge in [-0.2, -0.15) is 0 Å². The molecular weight excluding hydrogens is 478 g/mol. The van der Waals surface area contributed by atoms with Gasteiger partial charge in [-0.3, -0.25) is 14.4 Å². The number of carbonyl (C=O) groups is 3. The second-order valence-corrected chi connectivity index (χ2v) is 11.2. The van der Waals surface area contributed by atoms with Crippen molar-refractivity contribution in [1.82, 2.24) is 15.5 Å². The van der Waals surface area contributed by atoms with E-state index >= 15 is 0 Å². The van der Waals surface area contributed by atoms with Gasteiger partial charge in [0, 0.05) is 38.3 Å². The smallest absolute Gasteiger partial charge is 0.303 e. The molecule has 1 aliphatic rings. The van der Waals surface area contributed by atoms with Crippen LogP contribution >= 0.6 is 11.8 Å². The number of hydrogen-bond donors (Lipinski definition) is 3. The van der Waals surface area contributed by atoms with Crippen LogP contribution in [0.4, 0.5) is 0 Å². The van der Waals surface area contributed by atoms with E-state index in [0.29, 0.717) is 18.5 Å². The van der Waals surface area contributed by atoms with E-state index in [1.807, 2.05) is 58.0 Å². The quantitative estimate of drug-likeness (QED) is 0.362. The number of ether oxygens (including phenoxy) is 1. The fraction of sp³-hybridized carbons (Fsp3) is 0.593. The maximum Gasteiger partial charge on any atom is 0.303 e. The van der Waals surface area contributed by atoms with Crippen LogP contribution in [0.5, 0.6) is 0 Å². The van der Waals surface area contributed by atoms with Crippen LogP contribution in [0.3, 0.4) is 0 Å². The van der Waals surface area contributed by atoms with Gasteiger partial charge in [-0.15, -0.1) is 11.8 Å². The Bertz CT molecular complexity index is 921. The van der Waals surface area contributed by atoms with Crippen LogP contribution in [0.15, 0.2) is 41.4 Å². The normalized spacial score (nSPS) is 18.6. The summed E-state index contributed by atoms with van der Waals surface area (Å²) >= 11 is 1.37. The predicted octanol–water partition coefficient (Wildman–Crippen LogP) is 3.58. The molecule has 3 unspecified atom stereocenters. The molecule has 8 nitrogen and oxygen atoms in total. The standard InChI is InChI=1S/C27H41N3O5S/c1-16(2)13-24(32)30(7)22(17(3)4)14-23(35-19(6)31)27-29-21(15-36-27)26(34)28-18(5)25(33)20-11-9-8-10-12-20/h8-12,15-18,22-23,25,27,29,33H,13-14H2,1-7H3,(H,28,34)/t18-,22?,23-,25?,27?/m1/s1. The molecule has 2 amide bonds. The van der Waals surface area contributed by atoms with Gasteiger partial charge in [-0.05, 0) is 24.3 Å². The molecule has 0 saturated carbocycles. The molecule has 0 radical (unpaired) electrons. The number of benzene rings is 1. The van der Waals surface area contributed by atoms with Crippen LogP contribution in [-0.2, 0) is 19.1 Å². The highest BCUT2D eigenvalue weighted by atomic mass is 32.2. The lowest BCUT2D eigenvalue weighted by atomic mass is 9.95. The molecule has 0 aliphatic carbocycles. The second kappa shape index (κ2) is 13.7. The maximum atomic E-state index is 12.9. The lowest BCUT2D eigenvalue weighted by Gasteiger charge is -2.35. The number of carbonyl (C=O) groups excluding carboxylic acids is 3. The van der Waals surface area contributed by atoms with Crippen molar-refractivity contribution in [1.29, 1.82) is 0 Å². The minimum Gasteiger partial charge on any atom is -0.459 e. The number of esters is 1. The summed E-state index contributed by atoms with van der Waals surface area (Å²) in [5.41, 5.74) is 1.07. The third-order valence-corrected chi connectivity index (χ3v) is 7.31. The van der Waals surface area contributed by atoms with E-state index in [-0.39, 0.29) is 35.1 Å². The summed E-state index contributed by atoms with van der Waals surface area (Å²) in [4.78, 5) is 39.3. The van der Waals surface area contributed by atoms with Gasteiger partial charge in [0.2, 0.25) is 5.91 Å². The zero-order valence-corrected chi connectivity index (χ0v) is 23.2. The van der Waals surface area contributed by atoms with Crippen molar-refractivity contribution in [2.24, 2.45) is 11.8 Å². The zero-order valence-electron chi connectivity index (χ0n) is 22.4. The molecule has 2 rings (SSSR count). The number of nitrogens with one attached hydrogen (secondary N) is 2. The molecule has 1 aromatic carbocycles. The molecule has 1 heterocycles. The Morgan fingerprint density at radius 3 is 2.33 bits per heavy atom. The van der Waals surface area contributed by atoms with Crippen LogP contribution in [0.2, 0.25) is 0 Å². The van der Waals surface area contributed by atoms with Crippen molar-refractivity contribution in [2.75, 3.05) is 7.05 Å². The van der Waals surface area contributed by atoms with Crippen LogP contribution in [-0.4, -0.2) is 58.4 Å². The van der Waals surface area contributed by atoms with E-state index in [1.165, 1.54) is 18.7 Å². The Hall–Kier alpha value is -2.52. The van der Waals surface area contributed by atoms with E-state index in [9.17, 15) is 19.5 Å². The Kier molecular flexibility index (Phi) is 11.3. The van der Waals surface area contributed by atoms with Gasteiger partial charge in [0.25, 0.3) is 5.91 Å². The molecule has 0 spiro atoms. The maximum absolute atomic E-state index is 12.9. The number of amides is 2. The van der Waals surface area contributed by atoms with Crippen molar-refractivity contribution in [3.8, 4) is 0 Å². The lowest BCUT2D eigenvalue weighted by Crippen LogP contribution is -2.48. The Morgan fingerprint density at radius 2 is 1.78 bits per heavy atom. The first-order valence-corrected chi connectivity index (χ1v) is 13.4. The lowest BCUT2D eigenvalue weighted by molar-refractivity contribution is -0.148. The first kappa shape index (κ1) is 29.7. The zero-order chi connectivity index (χ0) is 27.0. The second-order valence-electron chi connectivity index (χ2n) is 10.1. The van der Waals surface area contributed by atoms with Gasteiger partial charge in [0.05, 0.1) is 12.1 Å². The van der Waals surface area contributed by atoms with Gasteiger partial charge < -0.3 is 25.4 Å². The van der Waals surface area contributed by atoms with Crippen LogP contribution in [0.1, 0.15) is 66.1 Å². The molecule has 9 heteroatoms.